The molecule has 1 aromatic carbocycles. The van der Waals surface area contributed by atoms with Crippen molar-refractivity contribution in [1.29, 1.82) is 0 Å². The first-order chi connectivity index (χ1) is 13.3. The number of benzene rings is 1. The van der Waals surface area contributed by atoms with Crippen molar-refractivity contribution in [2.75, 3.05) is 0 Å². The molecule has 1 radical (unpaired) electrons. The van der Waals surface area contributed by atoms with Crippen LogP contribution < -0.4 is 10.5 Å². The van der Waals surface area contributed by atoms with Crippen molar-refractivity contribution in [3.63, 3.8) is 0 Å². The van der Waals surface area contributed by atoms with Gasteiger partial charge in [0.1, 0.15) is 0 Å². The topological polar surface area (TPSA) is 171 Å². The Hall–Kier alpha value is -2.46. The molecule has 4 amide bonds. The Morgan fingerprint density at radius 2 is 0.933 bits per heavy atom. The number of nitrogens with zero attached hydrogens (tertiary/aromatic N) is 4. The second-order valence-electron chi connectivity index (χ2n) is 7.90. The van der Waals surface area contributed by atoms with Gasteiger partial charge in [0.15, 0.2) is 0 Å². The summed E-state index contributed by atoms with van der Waals surface area (Å²) in [6, 6.07) is 6.35. The average molecular weight is 457 g/mol. The van der Waals surface area contributed by atoms with E-state index < -0.39 is 40.1 Å². The van der Waals surface area contributed by atoms with Crippen molar-refractivity contribution < 1.29 is 46.8 Å². The van der Waals surface area contributed by atoms with Gasteiger partial charge in [-0.25, -0.2) is 0 Å². The zero-order chi connectivity index (χ0) is 22.6. The van der Waals surface area contributed by atoms with Crippen LogP contribution in [0.2, 0.25) is 0 Å². The van der Waals surface area contributed by atoms with Gasteiger partial charge >= 0.3 is 0 Å². The van der Waals surface area contributed by atoms with Gasteiger partial charge in [0.25, 0.3) is 0 Å². The van der Waals surface area contributed by atoms with Crippen molar-refractivity contribution in [2.24, 2.45) is 5.41 Å². The second-order valence-corrected chi connectivity index (χ2v) is 7.90. The summed E-state index contributed by atoms with van der Waals surface area (Å²) in [6.07, 6.45) is 0. The van der Waals surface area contributed by atoms with E-state index in [2.05, 4.69) is 21.3 Å². The Labute approximate surface area is 185 Å². The minimum absolute atomic E-state index is 0. The zero-order valence-corrected chi connectivity index (χ0v) is 18.6. The summed E-state index contributed by atoms with van der Waals surface area (Å²) < 4.78 is 0. The maximum atomic E-state index is 12.6. The molecule has 1 aliphatic heterocycles. The molecule has 1 aromatic rings. The Balaban J connectivity index is 0.00000272. The molecule has 0 aromatic heterocycles. The maximum Gasteiger partial charge on any atom is 0.0633 e. The summed E-state index contributed by atoms with van der Waals surface area (Å²) in [5.41, 5.74) is -4.26. The summed E-state index contributed by atoms with van der Waals surface area (Å²) in [5, 5.41) is 29.8. The predicted molar refractivity (Wildman–Crippen MR) is 101 cm³/mol. The molecule has 10 nitrogen and oxygen atoms in total. The molecule has 1 aliphatic rings. The van der Waals surface area contributed by atoms with Gasteiger partial charge in [-0.05, 0) is 13.8 Å². The van der Waals surface area contributed by atoms with Gasteiger partial charge in [0, 0.05) is 34.3 Å². The van der Waals surface area contributed by atoms with Crippen LogP contribution in [-0.2, 0) is 36.2 Å². The molecule has 0 bridgehead atoms. The van der Waals surface area contributed by atoms with Crippen molar-refractivity contribution in [1.82, 2.24) is 0 Å². The third-order valence-electron chi connectivity index (χ3n) is 4.20. The van der Waals surface area contributed by atoms with Crippen molar-refractivity contribution in [3.05, 3.63) is 45.5 Å². The molecule has 2 rings (SSSR count). The summed E-state index contributed by atoms with van der Waals surface area (Å²) in [6.45, 7) is 8.45. The number of fused-ring (bicyclic) bond motifs is 1. The number of para-hydroxylation sites is 2. The molecule has 167 valence electrons. The SMILES string of the molecule is CC1(C)[N-]C(=O)C(C)(C)C(=O)[N-]C(C)(C)C(=O)[N-]c2ccccc2[N-]C1=O.[Mn].[O-][O-]. The Bertz CT molecular complexity index is 758. The van der Waals surface area contributed by atoms with E-state index in [1.54, 1.807) is 12.1 Å². The smallest absolute Gasteiger partial charge is 0.0633 e. The number of carbonyl (C=O) groups is 4. The van der Waals surface area contributed by atoms with E-state index in [0.29, 0.717) is 0 Å². The van der Waals surface area contributed by atoms with E-state index in [4.69, 9.17) is 10.5 Å². The molecule has 0 saturated carbocycles. The van der Waals surface area contributed by atoms with Gasteiger partial charge in [-0.15, -0.1) is 11.4 Å². The number of amides is 4. The van der Waals surface area contributed by atoms with Crippen LogP contribution in [0.3, 0.4) is 0 Å². The molecule has 0 aliphatic carbocycles. The molecule has 0 atom stereocenters. The number of hydrogen-bond donors (Lipinski definition) is 0. The fraction of sp³-hybridized carbons (Fsp3) is 0.474. The third-order valence-corrected chi connectivity index (χ3v) is 4.20. The molecule has 0 fully saturated rings. The van der Waals surface area contributed by atoms with Gasteiger partial charge in [-0.3, -0.25) is 0 Å². The molecule has 0 saturated heterocycles. The fourth-order valence-corrected chi connectivity index (χ4v) is 2.12. The molecular weight excluding hydrogens is 435 g/mol. The molecule has 30 heavy (non-hydrogen) atoms. The summed E-state index contributed by atoms with van der Waals surface area (Å²) in [5.74, 6) is -3.00. The van der Waals surface area contributed by atoms with Gasteiger partial charge in [-0.2, -0.15) is 0 Å². The number of hydrogen-bond acceptors (Lipinski definition) is 6. The third kappa shape index (κ3) is 6.02. The van der Waals surface area contributed by atoms with Crippen LogP contribution in [0.25, 0.3) is 21.3 Å². The van der Waals surface area contributed by atoms with Crippen LogP contribution in [0.5, 0.6) is 0 Å². The van der Waals surface area contributed by atoms with Crippen molar-refractivity contribution in [2.45, 2.75) is 52.6 Å². The predicted octanol–water partition coefficient (Wildman–Crippen LogP) is 1.77. The van der Waals surface area contributed by atoms with Crippen LogP contribution in [0.4, 0.5) is 11.4 Å². The van der Waals surface area contributed by atoms with E-state index >= 15 is 0 Å². The summed E-state index contributed by atoms with van der Waals surface area (Å²) >= 11 is 0. The zero-order valence-electron chi connectivity index (χ0n) is 17.4. The quantitative estimate of drug-likeness (QED) is 0.249. The summed E-state index contributed by atoms with van der Waals surface area (Å²) in [4.78, 5) is 50.4. The normalized spacial score (nSPS) is 19.9. The number of carbonyl (C=O) groups excluding carboxylic acids is 4. The molecule has 0 N–H and O–H groups in total. The Morgan fingerprint density at radius 3 is 1.23 bits per heavy atom. The standard InChI is InChI=1S/C19H26N4O4.Mn.O2/c1-17(2)13(24)22-18(3,4)15(26)20-11-9-7-8-10-12(11)21-16(27)19(5,6)23-14(17)25;;1-2/h7-10H,1-6H3,(H4,20,21,22,23,24,25,26,27);;/q;;-2/p-4. The van der Waals surface area contributed by atoms with Gasteiger partial charge in [0.2, 0.25) is 0 Å². The van der Waals surface area contributed by atoms with Crippen LogP contribution in [0.1, 0.15) is 41.5 Å². The van der Waals surface area contributed by atoms with E-state index in [0.717, 1.165) is 0 Å². The molecule has 11 heteroatoms. The van der Waals surface area contributed by atoms with Crippen LogP contribution in [0, 0.1) is 5.41 Å². The van der Waals surface area contributed by atoms with E-state index in [-0.39, 0.29) is 28.4 Å². The van der Waals surface area contributed by atoms with Gasteiger partial charge in [0.05, 0.1) is 11.8 Å². The van der Waals surface area contributed by atoms with Crippen LogP contribution >= 0.6 is 0 Å². The van der Waals surface area contributed by atoms with Crippen LogP contribution in [-0.4, -0.2) is 34.7 Å². The van der Waals surface area contributed by atoms with Gasteiger partial charge in [-0.1, -0.05) is 63.0 Å². The first-order valence-electron chi connectivity index (χ1n) is 8.60. The Kier molecular flexibility index (Phi) is 9.21. The summed E-state index contributed by atoms with van der Waals surface area (Å²) in [7, 11) is 0. The first-order valence-corrected chi connectivity index (χ1v) is 8.60. The fourth-order valence-electron chi connectivity index (χ4n) is 2.12. The maximum absolute atomic E-state index is 12.6. The Morgan fingerprint density at radius 1 is 0.633 bits per heavy atom. The minimum atomic E-state index is -1.63. The van der Waals surface area contributed by atoms with Crippen molar-refractivity contribution >= 4 is 35.0 Å². The van der Waals surface area contributed by atoms with Crippen LogP contribution in [0.15, 0.2) is 24.3 Å². The molecule has 0 unspecified atom stereocenters. The van der Waals surface area contributed by atoms with E-state index in [1.807, 2.05) is 0 Å². The average Bonchev–Trinajstić information content (AvgIpc) is 2.63. The van der Waals surface area contributed by atoms with E-state index in [1.165, 1.54) is 53.7 Å². The number of rotatable bonds is 0. The minimum Gasteiger partial charge on any atom is -1.00 e. The monoisotopic (exact) mass is 457 g/mol. The van der Waals surface area contributed by atoms with E-state index in [9.17, 15) is 19.2 Å². The molecular formula is C19H22MnN4O6-6. The molecule has 1 heterocycles. The van der Waals surface area contributed by atoms with Crippen molar-refractivity contribution in [3.8, 4) is 0 Å². The first kappa shape index (κ1) is 27.5. The molecule has 0 spiro atoms. The second kappa shape index (κ2) is 10.0. The largest absolute Gasteiger partial charge is 1.00 e. The van der Waals surface area contributed by atoms with Gasteiger partial charge < -0.3 is 51.0 Å².